The fourth-order valence-corrected chi connectivity index (χ4v) is 3.62. The molecule has 6 nitrogen and oxygen atoms in total. The molecule has 7 heteroatoms. The fourth-order valence-electron chi connectivity index (χ4n) is 3.49. The number of likely N-dealkylation sites (tertiary alicyclic amines) is 1. The number of rotatable bonds is 7. The van der Waals surface area contributed by atoms with E-state index < -0.39 is 6.10 Å². The van der Waals surface area contributed by atoms with Crippen molar-refractivity contribution in [3.8, 4) is 11.5 Å². The molecule has 1 aliphatic heterocycles. The van der Waals surface area contributed by atoms with Crippen molar-refractivity contribution in [2.45, 2.75) is 44.8 Å². The first-order chi connectivity index (χ1) is 14.4. The second-order valence-corrected chi connectivity index (χ2v) is 7.98. The topological polar surface area (TPSA) is 78.9 Å². The molecule has 0 aliphatic carbocycles. The number of phenols is 1. The molecule has 3 rings (SSSR count). The van der Waals surface area contributed by atoms with Crippen molar-refractivity contribution in [2.24, 2.45) is 0 Å². The molecule has 30 heavy (non-hydrogen) atoms. The zero-order valence-corrected chi connectivity index (χ0v) is 17.8. The standard InChI is InChI=1S/C23H27ClN2O4/c1-16(30-21-9-7-20(27)8-10-21)23(29)26-14-12-19(13-15-26)25-22(28)11-4-17-2-5-18(24)6-3-17/h2-3,5-10,16,19,27H,4,11-15H2,1H3,(H,25,28). The third-order valence-corrected chi connectivity index (χ3v) is 5.48. The van der Waals surface area contributed by atoms with E-state index in [1.807, 2.05) is 24.3 Å². The molecule has 2 N–H and O–H groups in total. The highest BCUT2D eigenvalue weighted by atomic mass is 35.5. The number of halogens is 1. The summed E-state index contributed by atoms with van der Waals surface area (Å²) in [5, 5.41) is 13.1. The quantitative estimate of drug-likeness (QED) is 0.704. The van der Waals surface area contributed by atoms with Crippen LogP contribution in [-0.4, -0.2) is 47.1 Å². The minimum Gasteiger partial charge on any atom is -0.508 e. The number of phenolic OH excluding ortho intramolecular Hbond substituents is 1. The number of carbonyl (C=O) groups excluding carboxylic acids is 2. The van der Waals surface area contributed by atoms with Gasteiger partial charge in [0.25, 0.3) is 5.91 Å². The van der Waals surface area contributed by atoms with Crippen LogP contribution in [-0.2, 0) is 16.0 Å². The Morgan fingerprint density at radius 2 is 1.77 bits per heavy atom. The zero-order valence-electron chi connectivity index (χ0n) is 17.0. The summed E-state index contributed by atoms with van der Waals surface area (Å²) in [5.74, 6) is 0.643. The van der Waals surface area contributed by atoms with Gasteiger partial charge in [0.1, 0.15) is 11.5 Å². The van der Waals surface area contributed by atoms with Gasteiger partial charge in [-0.15, -0.1) is 0 Å². The van der Waals surface area contributed by atoms with Crippen LogP contribution in [0.15, 0.2) is 48.5 Å². The number of carbonyl (C=O) groups is 2. The highest BCUT2D eigenvalue weighted by molar-refractivity contribution is 6.30. The maximum Gasteiger partial charge on any atom is 0.263 e. The third-order valence-electron chi connectivity index (χ3n) is 5.22. The van der Waals surface area contributed by atoms with Crippen molar-refractivity contribution in [1.82, 2.24) is 10.2 Å². The molecule has 1 heterocycles. The molecule has 2 aromatic carbocycles. The molecular formula is C23H27ClN2O4. The molecule has 160 valence electrons. The summed E-state index contributed by atoms with van der Waals surface area (Å²) in [6, 6.07) is 13.9. The van der Waals surface area contributed by atoms with Crippen molar-refractivity contribution >= 4 is 23.4 Å². The third kappa shape index (κ3) is 6.39. The van der Waals surface area contributed by atoms with Crippen LogP contribution in [0.4, 0.5) is 0 Å². The molecule has 1 fully saturated rings. The van der Waals surface area contributed by atoms with Crippen LogP contribution in [0.5, 0.6) is 11.5 Å². The Balaban J connectivity index is 1.39. The van der Waals surface area contributed by atoms with Gasteiger partial charge in [0.2, 0.25) is 5.91 Å². The summed E-state index contributed by atoms with van der Waals surface area (Å²) in [7, 11) is 0. The van der Waals surface area contributed by atoms with Crippen molar-refractivity contribution < 1.29 is 19.4 Å². The second-order valence-electron chi connectivity index (χ2n) is 7.55. The maximum absolute atomic E-state index is 12.6. The Hall–Kier alpha value is -2.73. The van der Waals surface area contributed by atoms with Crippen LogP contribution in [0.2, 0.25) is 5.02 Å². The number of nitrogens with zero attached hydrogens (tertiary/aromatic N) is 1. The lowest BCUT2D eigenvalue weighted by atomic mass is 10.0. The number of aryl methyl sites for hydroxylation is 1. The van der Waals surface area contributed by atoms with E-state index in [2.05, 4.69) is 5.32 Å². The molecule has 0 saturated carbocycles. The van der Waals surface area contributed by atoms with Gasteiger partial charge in [0.05, 0.1) is 0 Å². The van der Waals surface area contributed by atoms with Crippen LogP contribution in [0, 0.1) is 0 Å². The molecule has 1 atom stereocenters. The van der Waals surface area contributed by atoms with Crippen LogP contribution >= 0.6 is 11.6 Å². The van der Waals surface area contributed by atoms with E-state index in [1.165, 1.54) is 12.1 Å². The minimum atomic E-state index is -0.611. The largest absolute Gasteiger partial charge is 0.508 e. The van der Waals surface area contributed by atoms with Gasteiger partial charge in [-0.2, -0.15) is 0 Å². The average molecular weight is 431 g/mol. The van der Waals surface area contributed by atoms with Gasteiger partial charge < -0.3 is 20.1 Å². The van der Waals surface area contributed by atoms with Crippen LogP contribution in [0.3, 0.4) is 0 Å². The lowest BCUT2D eigenvalue weighted by Crippen LogP contribution is -2.49. The number of aromatic hydroxyl groups is 1. The van der Waals surface area contributed by atoms with Gasteiger partial charge in [-0.05, 0) is 68.1 Å². The second kappa shape index (κ2) is 10.3. The van der Waals surface area contributed by atoms with Gasteiger partial charge in [-0.3, -0.25) is 9.59 Å². The molecular weight excluding hydrogens is 404 g/mol. The van der Waals surface area contributed by atoms with E-state index in [9.17, 15) is 14.7 Å². The molecule has 2 aromatic rings. The van der Waals surface area contributed by atoms with E-state index >= 15 is 0 Å². The molecule has 0 bridgehead atoms. The average Bonchev–Trinajstić information content (AvgIpc) is 2.75. The molecule has 1 saturated heterocycles. The van der Waals surface area contributed by atoms with E-state index in [0.29, 0.717) is 36.7 Å². The Labute approximate surface area is 181 Å². The van der Waals surface area contributed by atoms with Crippen LogP contribution < -0.4 is 10.1 Å². The lowest BCUT2D eigenvalue weighted by molar-refractivity contribution is -0.139. The Bertz CT molecular complexity index is 847. The predicted octanol–water partition coefficient (Wildman–Crippen LogP) is 3.55. The summed E-state index contributed by atoms with van der Waals surface area (Å²) < 4.78 is 5.68. The molecule has 1 unspecified atom stereocenters. The highest BCUT2D eigenvalue weighted by Gasteiger charge is 2.27. The smallest absolute Gasteiger partial charge is 0.263 e. The molecule has 0 radical (unpaired) electrons. The van der Waals surface area contributed by atoms with Crippen molar-refractivity contribution in [2.75, 3.05) is 13.1 Å². The summed E-state index contributed by atoms with van der Waals surface area (Å²) in [5.41, 5.74) is 1.08. The van der Waals surface area contributed by atoms with Gasteiger partial charge in [-0.25, -0.2) is 0 Å². The first-order valence-electron chi connectivity index (χ1n) is 10.2. The predicted molar refractivity (Wildman–Crippen MR) is 116 cm³/mol. The summed E-state index contributed by atoms with van der Waals surface area (Å²) in [6.07, 6.45) is 1.94. The minimum absolute atomic E-state index is 0.0266. The summed E-state index contributed by atoms with van der Waals surface area (Å²) in [4.78, 5) is 26.7. The summed E-state index contributed by atoms with van der Waals surface area (Å²) >= 11 is 5.88. The van der Waals surface area contributed by atoms with E-state index in [1.54, 1.807) is 24.0 Å². The molecule has 0 aromatic heterocycles. The molecule has 2 amide bonds. The number of benzene rings is 2. The first-order valence-corrected chi connectivity index (χ1v) is 10.6. The van der Waals surface area contributed by atoms with E-state index in [4.69, 9.17) is 16.3 Å². The number of hydrogen-bond donors (Lipinski definition) is 2. The normalized spacial score (nSPS) is 15.5. The van der Waals surface area contributed by atoms with Gasteiger partial charge in [-0.1, -0.05) is 23.7 Å². The van der Waals surface area contributed by atoms with Gasteiger partial charge in [0.15, 0.2) is 6.10 Å². The van der Waals surface area contributed by atoms with Gasteiger partial charge >= 0.3 is 0 Å². The number of ether oxygens (including phenoxy) is 1. The molecule has 0 spiro atoms. The Kier molecular flexibility index (Phi) is 7.57. The van der Waals surface area contributed by atoms with Crippen molar-refractivity contribution in [3.63, 3.8) is 0 Å². The van der Waals surface area contributed by atoms with Crippen molar-refractivity contribution in [3.05, 3.63) is 59.1 Å². The Morgan fingerprint density at radius 3 is 2.40 bits per heavy atom. The fraction of sp³-hybridized carbons (Fsp3) is 0.391. The summed E-state index contributed by atoms with van der Waals surface area (Å²) in [6.45, 7) is 2.90. The van der Waals surface area contributed by atoms with E-state index in [0.717, 1.165) is 18.4 Å². The maximum atomic E-state index is 12.6. The lowest BCUT2D eigenvalue weighted by Gasteiger charge is -2.33. The van der Waals surface area contributed by atoms with Crippen LogP contribution in [0.25, 0.3) is 0 Å². The Morgan fingerprint density at radius 1 is 1.13 bits per heavy atom. The van der Waals surface area contributed by atoms with E-state index in [-0.39, 0.29) is 23.6 Å². The van der Waals surface area contributed by atoms with Crippen molar-refractivity contribution in [1.29, 1.82) is 0 Å². The zero-order chi connectivity index (χ0) is 21.5. The highest BCUT2D eigenvalue weighted by Crippen LogP contribution is 2.19. The van der Waals surface area contributed by atoms with Gasteiger partial charge in [0, 0.05) is 30.6 Å². The number of amides is 2. The number of nitrogens with one attached hydrogen (secondary N) is 1. The van der Waals surface area contributed by atoms with Crippen LogP contribution in [0.1, 0.15) is 31.7 Å². The SMILES string of the molecule is CC(Oc1ccc(O)cc1)C(=O)N1CCC(NC(=O)CCc2ccc(Cl)cc2)CC1. The monoisotopic (exact) mass is 430 g/mol. The number of piperidine rings is 1. The molecule has 1 aliphatic rings. The number of hydrogen-bond acceptors (Lipinski definition) is 4. The first kappa shape index (κ1) is 22.0.